The second-order valence-corrected chi connectivity index (χ2v) is 6.50. The van der Waals surface area contributed by atoms with Crippen molar-refractivity contribution >= 4 is 39.3 Å². The van der Waals surface area contributed by atoms with Crippen molar-refractivity contribution in [3.63, 3.8) is 0 Å². The van der Waals surface area contributed by atoms with E-state index in [1.54, 1.807) is 17.8 Å². The first-order valence-electron chi connectivity index (χ1n) is 5.52. The lowest BCUT2D eigenvalue weighted by atomic mass is 10.2. The van der Waals surface area contributed by atoms with Crippen LogP contribution in [0.2, 0.25) is 5.15 Å². The van der Waals surface area contributed by atoms with E-state index in [2.05, 4.69) is 45.8 Å². The molecule has 0 amide bonds. The van der Waals surface area contributed by atoms with Gasteiger partial charge in [0.2, 0.25) is 0 Å². The molecule has 0 unspecified atom stereocenters. The van der Waals surface area contributed by atoms with Crippen molar-refractivity contribution in [3.05, 3.63) is 45.8 Å². The summed E-state index contributed by atoms with van der Waals surface area (Å²) in [4.78, 5) is 9.85. The Morgan fingerprint density at radius 1 is 1.22 bits per heavy atom. The third kappa shape index (κ3) is 3.70. The van der Waals surface area contributed by atoms with Gasteiger partial charge < -0.3 is 0 Å². The summed E-state index contributed by atoms with van der Waals surface area (Å²) in [6.07, 6.45) is 0. The predicted molar refractivity (Wildman–Crippen MR) is 79.4 cm³/mol. The van der Waals surface area contributed by atoms with Gasteiger partial charge in [-0.2, -0.15) is 0 Å². The Balaban J connectivity index is 2.29. The summed E-state index contributed by atoms with van der Waals surface area (Å²) in [6, 6.07) is 9.88. The maximum atomic E-state index is 6.02. The summed E-state index contributed by atoms with van der Waals surface area (Å²) in [5.41, 5.74) is 0. The van der Waals surface area contributed by atoms with E-state index >= 15 is 0 Å². The topological polar surface area (TPSA) is 25.8 Å². The van der Waals surface area contributed by atoms with E-state index < -0.39 is 0 Å². The molecule has 2 aromatic rings. The zero-order valence-electron chi connectivity index (χ0n) is 10.0. The second-order valence-electron chi connectivity index (χ2n) is 4.10. The van der Waals surface area contributed by atoms with E-state index in [1.807, 2.05) is 18.2 Å². The monoisotopic (exact) mass is 342 g/mol. The standard InChI is InChI=1S/C13H12BrClN2S/c1-8(2)13-16-11(15)7-12(17-13)18-10-5-3-4-9(14)6-10/h3-8H,1-2H3. The first-order valence-corrected chi connectivity index (χ1v) is 7.51. The number of halogens is 2. The van der Waals surface area contributed by atoms with Crippen LogP contribution in [0.1, 0.15) is 25.6 Å². The predicted octanol–water partition coefficient (Wildman–Crippen LogP) is 5.17. The molecule has 0 aliphatic carbocycles. The van der Waals surface area contributed by atoms with Crippen LogP contribution in [0.4, 0.5) is 0 Å². The number of rotatable bonds is 3. The minimum Gasteiger partial charge on any atom is -0.226 e. The van der Waals surface area contributed by atoms with Crippen molar-refractivity contribution in [1.82, 2.24) is 9.97 Å². The maximum absolute atomic E-state index is 6.02. The SMILES string of the molecule is CC(C)c1nc(Cl)cc(Sc2cccc(Br)c2)n1. The van der Waals surface area contributed by atoms with Crippen LogP contribution in [0, 0.1) is 0 Å². The Morgan fingerprint density at radius 2 is 2.00 bits per heavy atom. The number of benzene rings is 1. The Morgan fingerprint density at radius 3 is 2.67 bits per heavy atom. The zero-order chi connectivity index (χ0) is 13.1. The van der Waals surface area contributed by atoms with E-state index in [0.717, 1.165) is 20.2 Å². The average Bonchev–Trinajstić information content (AvgIpc) is 2.28. The summed E-state index contributed by atoms with van der Waals surface area (Å²) >= 11 is 11.1. The Kier molecular flexibility index (Phi) is 4.65. The quantitative estimate of drug-likeness (QED) is 0.719. The molecule has 94 valence electrons. The van der Waals surface area contributed by atoms with Gasteiger partial charge in [-0.1, -0.05) is 59.2 Å². The summed E-state index contributed by atoms with van der Waals surface area (Å²) in [5, 5.41) is 1.36. The minimum atomic E-state index is 0.269. The van der Waals surface area contributed by atoms with Gasteiger partial charge >= 0.3 is 0 Å². The number of nitrogens with zero attached hydrogens (tertiary/aromatic N) is 2. The molecule has 2 rings (SSSR count). The number of hydrogen-bond donors (Lipinski definition) is 0. The molecular weight excluding hydrogens is 332 g/mol. The third-order valence-electron chi connectivity index (χ3n) is 2.22. The van der Waals surface area contributed by atoms with Crippen LogP contribution in [0.25, 0.3) is 0 Å². The molecule has 0 saturated carbocycles. The van der Waals surface area contributed by atoms with Gasteiger partial charge in [0.25, 0.3) is 0 Å². The van der Waals surface area contributed by atoms with Crippen molar-refractivity contribution < 1.29 is 0 Å². The van der Waals surface area contributed by atoms with E-state index in [0.29, 0.717) is 5.15 Å². The summed E-state index contributed by atoms with van der Waals surface area (Å²) < 4.78 is 1.05. The molecule has 18 heavy (non-hydrogen) atoms. The molecule has 0 atom stereocenters. The second kappa shape index (κ2) is 6.04. The highest BCUT2D eigenvalue weighted by Crippen LogP contribution is 2.30. The normalized spacial score (nSPS) is 10.9. The molecule has 5 heteroatoms. The van der Waals surface area contributed by atoms with Crippen LogP contribution < -0.4 is 0 Å². The van der Waals surface area contributed by atoms with Crippen molar-refractivity contribution in [1.29, 1.82) is 0 Å². The molecular formula is C13H12BrClN2S. The lowest BCUT2D eigenvalue weighted by molar-refractivity contribution is 0.753. The van der Waals surface area contributed by atoms with Gasteiger partial charge in [0.1, 0.15) is 16.0 Å². The fraction of sp³-hybridized carbons (Fsp3) is 0.231. The highest BCUT2D eigenvalue weighted by Gasteiger charge is 2.08. The fourth-order valence-electron chi connectivity index (χ4n) is 1.38. The lowest BCUT2D eigenvalue weighted by Gasteiger charge is -2.07. The van der Waals surface area contributed by atoms with Gasteiger partial charge in [-0.05, 0) is 18.2 Å². The first-order chi connectivity index (χ1) is 8.54. The molecule has 0 N–H and O–H groups in total. The molecule has 0 fully saturated rings. The highest BCUT2D eigenvalue weighted by atomic mass is 79.9. The van der Waals surface area contributed by atoms with E-state index in [-0.39, 0.29) is 5.92 Å². The van der Waals surface area contributed by atoms with Crippen LogP contribution in [0.5, 0.6) is 0 Å². The average molecular weight is 344 g/mol. The Hall–Kier alpha value is -0.580. The Bertz CT molecular complexity index is 560. The highest BCUT2D eigenvalue weighted by molar-refractivity contribution is 9.10. The van der Waals surface area contributed by atoms with Crippen molar-refractivity contribution in [3.8, 4) is 0 Å². The van der Waals surface area contributed by atoms with Crippen molar-refractivity contribution in [2.24, 2.45) is 0 Å². The molecule has 0 spiro atoms. The largest absolute Gasteiger partial charge is 0.226 e. The van der Waals surface area contributed by atoms with Gasteiger partial charge in [0, 0.05) is 21.4 Å². The summed E-state index contributed by atoms with van der Waals surface area (Å²) in [5.74, 6) is 1.05. The van der Waals surface area contributed by atoms with Gasteiger partial charge in [-0.15, -0.1) is 0 Å². The molecule has 1 aromatic heterocycles. The maximum Gasteiger partial charge on any atom is 0.133 e. The zero-order valence-corrected chi connectivity index (χ0v) is 13.2. The van der Waals surface area contributed by atoms with Crippen LogP contribution in [-0.2, 0) is 0 Å². The van der Waals surface area contributed by atoms with E-state index in [1.165, 1.54) is 0 Å². The third-order valence-corrected chi connectivity index (χ3v) is 3.82. The lowest BCUT2D eigenvalue weighted by Crippen LogP contribution is -1.98. The van der Waals surface area contributed by atoms with Gasteiger partial charge in [-0.3, -0.25) is 0 Å². The van der Waals surface area contributed by atoms with Crippen molar-refractivity contribution in [2.45, 2.75) is 29.7 Å². The summed E-state index contributed by atoms with van der Waals surface area (Å²) in [6.45, 7) is 4.11. The molecule has 0 saturated heterocycles. The number of hydrogen-bond acceptors (Lipinski definition) is 3. The Labute approximate surface area is 124 Å². The van der Waals surface area contributed by atoms with Gasteiger partial charge in [0.05, 0.1) is 0 Å². The molecule has 1 aromatic carbocycles. The van der Waals surface area contributed by atoms with Crippen LogP contribution >= 0.6 is 39.3 Å². The molecule has 0 aliphatic rings. The van der Waals surface area contributed by atoms with E-state index in [4.69, 9.17) is 11.6 Å². The summed E-state index contributed by atoms with van der Waals surface area (Å²) in [7, 11) is 0. The minimum absolute atomic E-state index is 0.269. The van der Waals surface area contributed by atoms with Gasteiger partial charge in [-0.25, -0.2) is 9.97 Å². The molecule has 0 aliphatic heterocycles. The molecule has 0 radical (unpaired) electrons. The molecule has 2 nitrogen and oxygen atoms in total. The van der Waals surface area contributed by atoms with Crippen LogP contribution in [-0.4, -0.2) is 9.97 Å². The van der Waals surface area contributed by atoms with Crippen molar-refractivity contribution in [2.75, 3.05) is 0 Å². The smallest absolute Gasteiger partial charge is 0.133 e. The van der Waals surface area contributed by atoms with E-state index in [9.17, 15) is 0 Å². The molecule has 0 bridgehead atoms. The van der Waals surface area contributed by atoms with Gasteiger partial charge in [0.15, 0.2) is 0 Å². The van der Waals surface area contributed by atoms with Crippen LogP contribution in [0.15, 0.2) is 44.7 Å². The first kappa shape index (κ1) is 13.8. The number of aromatic nitrogens is 2. The van der Waals surface area contributed by atoms with Crippen LogP contribution in [0.3, 0.4) is 0 Å². The fourth-order valence-corrected chi connectivity index (χ4v) is 3.06. The molecule has 1 heterocycles.